The van der Waals surface area contributed by atoms with Crippen LogP contribution in [-0.2, 0) is 25.2 Å². The summed E-state index contributed by atoms with van der Waals surface area (Å²) in [6.45, 7) is 2.81. The average molecular weight is 589 g/mol. The molecule has 14 heteroatoms. The Morgan fingerprint density at radius 1 is 1.40 bits per heavy atom. The van der Waals surface area contributed by atoms with Crippen molar-refractivity contribution in [1.29, 1.82) is 0 Å². The molecule has 0 aliphatic heterocycles. The number of nitrogens with zero attached hydrogens (tertiary/aromatic N) is 3. The first kappa shape index (κ1) is 28.8. The molecule has 0 saturated heterocycles. The number of rotatable bonds is 11. The Morgan fingerprint density at radius 3 is 2.74 bits per heavy atom. The summed E-state index contributed by atoms with van der Waals surface area (Å²) in [7, 11) is -4.74. The highest BCUT2D eigenvalue weighted by atomic mass is 79.9. The first-order chi connectivity index (χ1) is 16.4. The molecule has 2 rings (SSSR count). The fourth-order valence-electron chi connectivity index (χ4n) is 2.73. The van der Waals surface area contributed by atoms with Gasteiger partial charge in [-0.25, -0.2) is 18.9 Å². The molecule has 0 aliphatic carbocycles. The molecule has 0 unspecified atom stereocenters. The van der Waals surface area contributed by atoms with Crippen LogP contribution in [-0.4, -0.2) is 42.8 Å². The van der Waals surface area contributed by atoms with Gasteiger partial charge in [0.15, 0.2) is 0 Å². The van der Waals surface area contributed by atoms with Crippen LogP contribution < -0.4 is 5.73 Å². The highest BCUT2D eigenvalue weighted by Gasteiger charge is 2.19. The minimum Gasteiger partial charge on any atom is -0.383 e. The molecule has 4 N–H and O–H groups in total. The minimum absolute atomic E-state index is 0.00185. The molecular weight excluding hydrogens is 566 g/mol. The molecule has 0 spiro atoms. The van der Waals surface area contributed by atoms with E-state index in [1.807, 2.05) is 0 Å². The second-order valence-corrected chi connectivity index (χ2v) is 10.3. The number of aryl methyl sites for hydroxylation is 1. The highest BCUT2D eigenvalue weighted by Crippen LogP contribution is 2.37. The van der Waals surface area contributed by atoms with Gasteiger partial charge >= 0.3 is 7.82 Å². The van der Waals surface area contributed by atoms with Crippen molar-refractivity contribution >= 4 is 58.9 Å². The normalized spacial score (nSPS) is 12.5. The van der Waals surface area contributed by atoms with Gasteiger partial charge in [-0.2, -0.15) is 0 Å². The van der Waals surface area contributed by atoms with Crippen LogP contribution >= 0.6 is 35.5 Å². The predicted molar refractivity (Wildman–Crippen MR) is 134 cm³/mol. The zero-order valence-corrected chi connectivity index (χ0v) is 22.0. The van der Waals surface area contributed by atoms with Gasteiger partial charge in [-0.15, -0.1) is 0 Å². The zero-order chi connectivity index (χ0) is 26.2. The van der Waals surface area contributed by atoms with E-state index in [1.54, 1.807) is 13.8 Å². The number of anilines is 1. The molecule has 1 aromatic carbocycles. The summed E-state index contributed by atoms with van der Waals surface area (Å²) in [5.41, 5.74) is 6.89. The monoisotopic (exact) mass is 588 g/mol. The Balaban J connectivity index is 2.29. The smallest absolute Gasteiger partial charge is 0.383 e. The molecule has 1 aromatic heterocycles. The van der Waals surface area contributed by atoms with E-state index >= 15 is 0 Å². The molecule has 0 radical (unpaired) electrons. The van der Waals surface area contributed by atoms with Crippen LogP contribution in [0.1, 0.15) is 30.3 Å². The molecule has 0 atom stereocenters. The van der Waals surface area contributed by atoms with E-state index in [2.05, 4.69) is 30.4 Å². The molecule has 0 bridgehead atoms. The lowest BCUT2D eigenvalue weighted by molar-refractivity contribution is -0.117. The molecule has 2 aromatic rings. The standard InChI is InChI=1S/C21H23BrFN4O6PS/c1-13(27(12-28)11-16-10-25-14(2)26-21(16)24)19(7-8-33-34(30,31)32)35-20(29)6-3-15-9-17(22)4-5-18(15)23/h3-6,9-10,12H,7-8,11H2,1-2H3,(H2,24,25,26)(H2,30,31,32)/b6-3+,19-13-. The number of phosphoric ester groups is 1. The van der Waals surface area contributed by atoms with Gasteiger partial charge < -0.3 is 20.4 Å². The number of benzene rings is 1. The van der Waals surface area contributed by atoms with Gasteiger partial charge in [0, 0.05) is 38.8 Å². The summed E-state index contributed by atoms with van der Waals surface area (Å²) in [4.78, 5) is 52.1. The van der Waals surface area contributed by atoms with Crippen molar-refractivity contribution in [2.75, 3.05) is 12.3 Å². The number of nitrogens with two attached hydrogens (primary N) is 1. The SMILES string of the molecule is C/C(=C(\CCOP(=O)(O)O)SC(=O)/C=C/c1cc(Br)ccc1F)N(C=O)Cc1cnc(C)nc1N. The second-order valence-electron chi connectivity index (χ2n) is 7.06. The van der Waals surface area contributed by atoms with Crippen LogP contribution in [0.4, 0.5) is 10.2 Å². The number of halogens is 2. The van der Waals surface area contributed by atoms with Gasteiger partial charge in [0.05, 0.1) is 13.2 Å². The molecule has 0 saturated carbocycles. The maximum absolute atomic E-state index is 13.9. The van der Waals surface area contributed by atoms with Crippen molar-refractivity contribution in [3.63, 3.8) is 0 Å². The number of allylic oxidation sites excluding steroid dienone is 1. The maximum atomic E-state index is 13.9. The summed E-state index contributed by atoms with van der Waals surface area (Å²) in [5, 5.41) is -0.501. The molecular formula is C21H23BrFN4O6PS. The van der Waals surface area contributed by atoms with Gasteiger partial charge in [0.1, 0.15) is 17.5 Å². The molecule has 0 fully saturated rings. The lowest BCUT2D eigenvalue weighted by Crippen LogP contribution is -2.22. The van der Waals surface area contributed by atoms with E-state index in [0.29, 0.717) is 32.9 Å². The molecule has 35 heavy (non-hydrogen) atoms. The third-order valence-corrected chi connectivity index (χ3v) is 6.59. The lowest BCUT2D eigenvalue weighted by Gasteiger charge is -2.22. The molecule has 0 aliphatic rings. The van der Waals surface area contributed by atoms with E-state index in [9.17, 15) is 18.5 Å². The van der Waals surface area contributed by atoms with E-state index in [1.165, 1.54) is 35.4 Å². The van der Waals surface area contributed by atoms with Crippen molar-refractivity contribution in [2.45, 2.75) is 26.8 Å². The number of hydrogen-bond acceptors (Lipinski definition) is 8. The summed E-state index contributed by atoms with van der Waals surface area (Å²) < 4.78 is 30.1. The topological polar surface area (TPSA) is 156 Å². The Hall–Kier alpha value is -2.41. The number of thioether (sulfide) groups is 1. The van der Waals surface area contributed by atoms with Gasteiger partial charge in [-0.1, -0.05) is 15.9 Å². The molecule has 1 amide bonds. The predicted octanol–water partition coefficient (Wildman–Crippen LogP) is 3.93. The van der Waals surface area contributed by atoms with Crippen molar-refractivity contribution in [3.8, 4) is 0 Å². The number of aromatic nitrogens is 2. The van der Waals surface area contributed by atoms with Crippen LogP contribution in [0.25, 0.3) is 6.08 Å². The zero-order valence-electron chi connectivity index (χ0n) is 18.7. The maximum Gasteiger partial charge on any atom is 0.469 e. The molecule has 10 nitrogen and oxygen atoms in total. The summed E-state index contributed by atoms with van der Waals surface area (Å²) in [5.74, 6) is 0.127. The summed E-state index contributed by atoms with van der Waals surface area (Å²) in [6.07, 6.45) is 4.37. The Morgan fingerprint density at radius 2 is 2.11 bits per heavy atom. The first-order valence-electron chi connectivity index (χ1n) is 9.94. The number of nitrogen functional groups attached to an aromatic ring is 1. The summed E-state index contributed by atoms with van der Waals surface area (Å²) in [6, 6.07) is 4.27. The number of carbonyl (C=O) groups is 2. The fourth-order valence-corrected chi connectivity index (χ4v) is 4.27. The Labute approximate surface area is 213 Å². The van der Waals surface area contributed by atoms with E-state index < -0.39 is 25.4 Å². The van der Waals surface area contributed by atoms with Crippen molar-refractivity contribution in [3.05, 3.63) is 68.3 Å². The minimum atomic E-state index is -4.74. The van der Waals surface area contributed by atoms with Crippen LogP contribution in [0, 0.1) is 12.7 Å². The van der Waals surface area contributed by atoms with Crippen LogP contribution in [0.15, 0.2) is 45.5 Å². The first-order valence-corrected chi connectivity index (χ1v) is 13.1. The summed E-state index contributed by atoms with van der Waals surface area (Å²) >= 11 is 3.95. The molecule has 1 heterocycles. The Bertz CT molecular complexity index is 1210. The quantitative estimate of drug-likeness (QED) is 0.199. The largest absolute Gasteiger partial charge is 0.469 e. The third-order valence-electron chi connectivity index (χ3n) is 4.49. The van der Waals surface area contributed by atoms with E-state index in [-0.39, 0.29) is 24.3 Å². The highest BCUT2D eigenvalue weighted by molar-refractivity contribution is 9.10. The van der Waals surface area contributed by atoms with Crippen LogP contribution in [0.2, 0.25) is 0 Å². The lowest BCUT2D eigenvalue weighted by atomic mass is 10.2. The number of hydrogen-bond donors (Lipinski definition) is 3. The number of carbonyl (C=O) groups excluding carboxylic acids is 2. The number of amides is 1. The van der Waals surface area contributed by atoms with E-state index in [0.717, 1.165) is 17.8 Å². The third kappa shape index (κ3) is 9.63. The average Bonchev–Trinajstić information content (AvgIpc) is 2.77. The van der Waals surface area contributed by atoms with Gasteiger partial charge in [0.25, 0.3) is 0 Å². The van der Waals surface area contributed by atoms with Crippen molar-refractivity contribution < 1.29 is 32.9 Å². The van der Waals surface area contributed by atoms with Gasteiger partial charge in [-0.3, -0.25) is 14.1 Å². The van der Waals surface area contributed by atoms with E-state index in [4.69, 9.17) is 15.5 Å². The fraction of sp³-hybridized carbons (Fsp3) is 0.238. The van der Waals surface area contributed by atoms with Crippen LogP contribution in [0.5, 0.6) is 0 Å². The van der Waals surface area contributed by atoms with Gasteiger partial charge in [0.2, 0.25) is 11.5 Å². The second kappa shape index (κ2) is 13.1. The van der Waals surface area contributed by atoms with Crippen molar-refractivity contribution in [2.24, 2.45) is 0 Å². The van der Waals surface area contributed by atoms with Crippen molar-refractivity contribution in [1.82, 2.24) is 14.9 Å². The van der Waals surface area contributed by atoms with Gasteiger partial charge in [-0.05, 0) is 56.0 Å². The molecule has 188 valence electrons. The van der Waals surface area contributed by atoms with Crippen LogP contribution in [0.3, 0.4) is 0 Å². The number of phosphoric acid groups is 1. The Kier molecular flexibility index (Phi) is 10.7.